The van der Waals surface area contributed by atoms with Crippen LogP contribution in [0, 0.1) is 5.92 Å². The predicted octanol–water partition coefficient (Wildman–Crippen LogP) is 2.03. The number of hydrogen-bond donors (Lipinski definition) is 1. The van der Waals surface area contributed by atoms with Crippen molar-refractivity contribution in [2.24, 2.45) is 13.0 Å². The van der Waals surface area contributed by atoms with Crippen LogP contribution in [-0.4, -0.2) is 44.8 Å². The summed E-state index contributed by atoms with van der Waals surface area (Å²) >= 11 is 0. The van der Waals surface area contributed by atoms with E-state index in [4.69, 9.17) is 0 Å². The molecule has 1 aliphatic heterocycles. The predicted molar refractivity (Wildman–Crippen MR) is 96.3 cm³/mol. The summed E-state index contributed by atoms with van der Waals surface area (Å²) in [7, 11) is 1.89. The van der Waals surface area contributed by atoms with E-state index < -0.39 is 0 Å². The van der Waals surface area contributed by atoms with Gasteiger partial charge < -0.3 is 10.2 Å². The maximum Gasteiger partial charge on any atom is 0.223 e. The van der Waals surface area contributed by atoms with E-state index in [0.717, 1.165) is 55.6 Å². The van der Waals surface area contributed by atoms with Crippen molar-refractivity contribution in [2.45, 2.75) is 51.0 Å². The summed E-state index contributed by atoms with van der Waals surface area (Å²) < 4.78 is 1.77. The molecule has 1 saturated carbocycles. The van der Waals surface area contributed by atoms with Gasteiger partial charge in [0.25, 0.3) is 0 Å². The molecule has 0 radical (unpaired) electrons. The fourth-order valence-corrected chi connectivity index (χ4v) is 4.12. The topological polar surface area (TPSA) is 75.9 Å². The fourth-order valence-electron chi connectivity index (χ4n) is 4.12. The third-order valence-corrected chi connectivity index (χ3v) is 5.63. The Labute approximate surface area is 147 Å². The first kappa shape index (κ1) is 16.3. The summed E-state index contributed by atoms with van der Waals surface area (Å²) in [5.74, 6) is 1.31. The van der Waals surface area contributed by atoms with Crippen molar-refractivity contribution in [2.75, 3.05) is 18.0 Å². The normalized spacial score (nSPS) is 20.1. The molecule has 1 N–H and O–H groups in total. The van der Waals surface area contributed by atoms with Crippen LogP contribution in [0.3, 0.4) is 0 Å². The lowest BCUT2D eigenvalue weighted by Crippen LogP contribution is -2.44. The molecule has 7 heteroatoms. The zero-order valence-corrected chi connectivity index (χ0v) is 14.8. The third kappa shape index (κ3) is 3.32. The number of nitrogens with zero attached hydrogens (tertiary/aromatic N) is 5. The van der Waals surface area contributed by atoms with Crippen molar-refractivity contribution in [3.05, 3.63) is 12.5 Å². The number of piperidine rings is 1. The molecular weight excluding hydrogens is 316 g/mol. The van der Waals surface area contributed by atoms with Gasteiger partial charge >= 0.3 is 0 Å². The average Bonchev–Trinajstić information content (AvgIpc) is 3.04. The zero-order valence-electron chi connectivity index (χ0n) is 14.8. The number of fused-ring (bicyclic) bond motifs is 1. The number of carbonyl (C=O) groups excluding carboxylic acids is 1. The van der Waals surface area contributed by atoms with Gasteiger partial charge in [0.2, 0.25) is 5.91 Å². The quantitative estimate of drug-likeness (QED) is 0.924. The van der Waals surface area contributed by atoms with Crippen LogP contribution in [0.2, 0.25) is 0 Å². The molecule has 2 aromatic heterocycles. The van der Waals surface area contributed by atoms with Gasteiger partial charge in [-0.1, -0.05) is 19.3 Å². The zero-order chi connectivity index (χ0) is 17.2. The number of aryl methyl sites for hydroxylation is 1. The maximum atomic E-state index is 12.6. The van der Waals surface area contributed by atoms with Gasteiger partial charge in [-0.25, -0.2) is 9.97 Å². The first-order chi connectivity index (χ1) is 12.2. The van der Waals surface area contributed by atoms with Gasteiger partial charge in [0.05, 0.1) is 11.6 Å². The van der Waals surface area contributed by atoms with Gasteiger partial charge in [0, 0.05) is 32.1 Å². The molecule has 0 aromatic carbocycles. The van der Waals surface area contributed by atoms with E-state index >= 15 is 0 Å². The van der Waals surface area contributed by atoms with Crippen LogP contribution in [0.25, 0.3) is 11.0 Å². The highest BCUT2D eigenvalue weighted by Gasteiger charge is 2.28. The molecule has 0 spiro atoms. The van der Waals surface area contributed by atoms with Crippen molar-refractivity contribution in [3.8, 4) is 0 Å². The number of amides is 1. The second-order valence-corrected chi connectivity index (χ2v) is 7.31. The summed E-state index contributed by atoms with van der Waals surface area (Å²) in [5, 5.41) is 8.54. The van der Waals surface area contributed by atoms with Crippen molar-refractivity contribution in [1.82, 2.24) is 25.1 Å². The Balaban J connectivity index is 1.38. The van der Waals surface area contributed by atoms with E-state index in [1.165, 1.54) is 19.3 Å². The number of anilines is 1. The lowest BCUT2D eigenvalue weighted by atomic mass is 9.92. The highest BCUT2D eigenvalue weighted by atomic mass is 16.1. The van der Waals surface area contributed by atoms with Crippen LogP contribution in [0.5, 0.6) is 0 Å². The molecular formula is C18H26N6O. The van der Waals surface area contributed by atoms with Gasteiger partial charge in [-0.05, 0) is 25.7 Å². The van der Waals surface area contributed by atoms with Crippen LogP contribution in [0.1, 0.15) is 44.9 Å². The van der Waals surface area contributed by atoms with Crippen LogP contribution in [0.15, 0.2) is 12.5 Å². The number of carbonyl (C=O) groups is 1. The Morgan fingerprint density at radius 3 is 2.64 bits per heavy atom. The number of rotatable bonds is 3. The molecule has 25 heavy (non-hydrogen) atoms. The Morgan fingerprint density at radius 2 is 1.88 bits per heavy atom. The fraction of sp³-hybridized carbons (Fsp3) is 0.667. The summed E-state index contributed by atoms with van der Waals surface area (Å²) in [6.45, 7) is 1.70. The first-order valence-electron chi connectivity index (χ1n) is 9.40. The van der Waals surface area contributed by atoms with Crippen LogP contribution in [0.4, 0.5) is 5.82 Å². The van der Waals surface area contributed by atoms with Gasteiger partial charge in [-0.15, -0.1) is 0 Å². The summed E-state index contributed by atoms with van der Waals surface area (Å²) in [4.78, 5) is 23.6. The van der Waals surface area contributed by atoms with E-state index in [2.05, 4.69) is 25.3 Å². The molecule has 1 saturated heterocycles. The molecule has 7 nitrogen and oxygen atoms in total. The van der Waals surface area contributed by atoms with E-state index in [9.17, 15) is 4.79 Å². The second-order valence-electron chi connectivity index (χ2n) is 7.31. The Hall–Kier alpha value is -2.18. The molecule has 1 aliphatic carbocycles. The van der Waals surface area contributed by atoms with Crippen LogP contribution < -0.4 is 10.2 Å². The highest BCUT2D eigenvalue weighted by Crippen LogP contribution is 2.27. The van der Waals surface area contributed by atoms with Crippen LogP contribution >= 0.6 is 0 Å². The monoisotopic (exact) mass is 342 g/mol. The lowest BCUT2D eigenvalue weighted by Gasteiger charge is -2.33. The highest BCUT2D eigenvalue weighted by molar-refractivity contribution is 5.87. The minimum Gasteiger partial charge on any atom is -0.356 e. The number of hydrogen-bond acceptors (Lipinski definition) is 5. The molecule has 0 unspecified atom stereocenters. The van der Waals surface area contributed by atoms with E-state index in [1.807, 2.05) is 13.2 Å². The van der Waals surface area contributed by atoms with Crippen molar-refractivity contribution in [3.63, 3.8) is 0 Å². The average molecular weight is 342 g/mol. The molecule has 2 aromatic rings. The van der Waals surface area contributed by atoms with Gasteiger partial charge in [-0.3, -0.25) is 9.48 Å². The Morgan fingerprint density at radius 1 is 1.12 bits per heavy atom. The van der Waals surface area contributed by atoms with E-state index in [1.54, 1.807) is 11.0 Å². The SMILES string of the molecule is Cn1ncc2c(N3CCC(C(=O)NC4CCCCC4)CC3)ncnc21. The molecule has 2 aliphatic rings. The van der Waals surface area contributed by atoms with Gasteiger partial charge in [0.1, 0.15) is 12.1 Å². The van der Waals surface area contributed by atoms with Crippen molar-refractivity contribution < 1.29 is 4.79 Å². The summed E-state index contributed by atoms with van der Waals surface area (Å²) in [6.07, 6.45) is 11.3. The second kappa shape index (κ2) is 6.98. The third-order valence-electron chi connectivity index (χ3n) is 5.63. The molecule has 0 atom stereocenters. The Kier molecular flexibility index (Phi) is 4.55. The Bertz CT molecular complexity index is 743. The lowest BCUT2D eigenvalue weighted by molar-refractivity contribution is -0.126. The number of nitrogens with one attached hydrogen (secondary N) is 1. The van der Waals surface area contributed by atoms with E-state index in [0.29, 0.717) is 6.04 Å². The van der Waals surface area contributed by atoms with Gasteiger partial charge in [-0.2, -0.15) is 5.10 Å². The summed E-state index contributed by atoms with van der Waals surface area (Å²) in [6, 6.07) is 0.399. The minimum atomic E-state index is 0.129. The molecule has 4 rings (SSSR count). The van der Waals surface area contributed by atoms with Crippen LogP contribution in [-0.2, 0) is 11.8 Å². The first-order valence-corrected chi connectivity index (χ1v) is 9.40. The molecule has 2 fully saturated rings. The van der Waals surface area contributed by atoms with Crippen molar-refractivity contribution in [1.29, 1.82) is 0 Å². The molecule has 0 bridgehead atoms. The number of aromatic nitrogens is 4. The standard InChI is InChI=1S/C18H26N6O/c1-23-16-15(11-21-23)17(20-12-19-16)24-9-7-13(8-10-24)18(25)22-14-5-3-2-4-6-14/h11-14H,2-10H2,1H3,(H,22,25). The van der Waals surface area contributed by atoms with Gasteiger partial charge in [0.15, 0.2) is 5.65 Å². The molecule has 134 valence electrons. The molecule has 1 amide bonds. The minimum absolute atomic E-state index is 0.129. The largest absolute Gasteiger partial charge is 0.356 e. The smallest absolute Gasteiger partial charge is 0.223 e. The molecule has 3 heterocycles. The van der Waals surface area contributed by atoms with Crippen molar-refractivity contribution >= 4 is 22.8 Å². The van der Waals surface area contributed by atoms with E-state index in [-0.39, 0.29) is 11.8 Å². The maximum absolute atomic E-state index is 12.6. The summed E-state index contributed by atoms with van der Waals surface area (Å²) in [5.41, 5.74) is 0.849.